The predicted molar refractivity (Wildman–Crippen MR) is 170 cm³/mol. The summed E-state index contributed by atoms with van der Waals surface area (Å²) in [7, 11) is 3.31. The number of aliphatic carboxylic acids is 1. The number of terminal acetylenes is 1. The van der Waals surface area contributed by atoms with Crippen LogP contribution in [-0.4, -0.2) is 75.7 Å². The van der Waals surface area contributed by atoms with Gasteiger partial charge in [0.05, 0.1) is 20.8 Å². The minimum absolute atomic E-state index is 0.0273. The van der Waals surface area contributed by atoms with Gasteiger partial charge < -0.3 is 19.7 Å². The maximum atomic E-state index is 12.8. The SMILES string of the molecule is C#CCN1C2C(CCCCC(=O)O)SCC2N(C(c2ccccc2)(c2ccc(OC)cc2)c2ccc(OC)cc2)C1(C)O. The molecule has 8 heteroatoms. The number of fused-ring (bicyclic) bond motifs is 1. The zero-order valence-electron chi connectivity index (χ0n) is 25.0. The monoisotopic (exact) mass is 600 g/mol. The van der Waals surface area contributed by atoms with Crippen LogP contribution < -0.4 is 9.47 Å². The van der Waals surface area contributed by atoms with E-state index in [1.807, 2.05) is 61.2 Å². The Morgan fingerprint density at radius 1 is 0.977 bits per heavy atom. The van der Waals surface area contributed by atoms with Crippen molar-refractivity contribution in [3.63, 3.8) is 0 Å². The predicted octanol–water partition coefficient (Wildman–Crippen LogP) is 5.41. The van der Waals surface area contributed by atoms with E-state index in [2.05, 4.69) is 52.1 Å². The molecule has 2 heterocycles. The Hall–Kier alpha value is -3.48. The molecule has 7 nitrogen and oxygen atoms in total. The quantitative estimate of drug-likeness (QED) is 0.162. The number of hydrogen-bond donors (Lipinski definition) is 2. The molecule has 2 saturated heterocycles. The Kier molecular flexibility index (Phi) is 9.38. The summed E-state index contributed by atoms with van der Waals surface area (Å²) >= 11 is 1.89. The van der Waals surface area contributed by atoms with Crippen molar-refractivity contribution in [3.8, 4) is 23.8 Å². The lowest BCUT2D eigenvalue weighted by molar-refractivity contribution is -0.187. The van der Waals surface area contributed by atoms with Gasteiger partial charge in [0.25, 0.3) is 0 Å². The number of carbonyl (C=O) groups is 1. The molecular formula is C35H40N2O5S. The number of aliphatic hydroxyl groups is 1. The molecule has 0 aromatic heterocycles. The molecule has 0 spiro atoms. The first kappa shape index (κ1) is 31.0. The van der Waals surface area contributed by atoms with Crippen molar-refractivity contribution < 1.29 is 24.5 Å². The molecule has 3 aromatic carbocycles. The van der Waals surface area contributed by atoms with E-state index in [4.69, 9.17) is 21.0 Å². The molecule has 0 radical (unpaired) electrons. The Bertz CT molecular complexity index is 1370. The number of methoxy groups -OCH3 is 2. The summed E-state index contributed by atoms with van der Waals surface area (Å²) in [6.45, 7) is 2.15. The van der Waals surface area contributed by atoms with Crippen molar-refractivity contribution >= 4 is 17.7 Å². The van der Waals surface area contributed by atoms with Gasteiger partial charge in [-0.25, -0.2) is 9.80 Å². The lowest BCUT2D eigenvalue weighted by Gasteiger charge is -2.51. The summed E-state index contributed by atoms with van der Waals surface area (Å²) in [6.07, 6.45) is 8.40. The van der Waals surface area contributed by atoms with Crippen molar-refractivity contribution in [2.45, 2.75) is 61.3 Å². The van der Waals surface area contributed by atoms with Crippen molar-refractivity contribution in [1.29, 1.82) is 0 Å². The molecule has 4 unspecified atom stereocenters. The second-order valence-electron chi connectivity index (χ2n) is 11.3. The van der Waals surface area contributed by atoms with Gasteiger partial charge in [0, 0.05) is 29.5 Å². The van der Waals surface area contributed by atoms with Crippen molar-refractivity contribution in [3.05, 3.63) is 95.6 Å². The average molecular weight is 601 g/mol. The number of hydrogen-bond acceptors (Lipinski definition) is 7. The van der Waals surface area contributed by atoms with Crippen LogP contribution in [-0.2, 0) is 10.3 Å². The molecule has 0 saturated carbocycles. The summed E-state index contributed by atoms with van der Waals surface area (Å²) in [5.41, 5.74) is 2.08. The van der Waals surface area contributed by atoms with Crippen LogP contribution in [0.1, 0.15) is 49.3 Å². The smallest absolute Gasteiger partial charge is 0.303 e. The summed E-state index contributed by atoms with van der Waals surface area (Å²) in [5, 5.41) is 22.1. The maximum Gasteiger partial charge on any atom is 0.303 e. The fourth-order valence-corrected chi connectivity index (χ4v) is 8.74. The van der Waals surface area contributed by atoms with Crippen LogP contribution in [0.2, 0.25) is 0 Å². The number of nitrogens with zero attached hydrogens (tertiary/aromatic N) is 2. The molecule has 2 aliphatic heterocycles. The largest absolute Gasteiger partial charge is 0.497 e. The molecule has 2 aliphatic rings. The van der Waals surface area contributed by atoms with Crippen LogP contribution in [0.4, 0.5) is 0 Å². The van der Waals surface area contributed by atoms with Crippen molar-refractivity contribution in [2.75, 3.05) is 26.5 Å². The van der Waals surface area contributed by atoms with E-state index in [0.717, 1.165) is 46.8 Å². The topological polar surface area (TPSA) is 82.5 Å². The van der Waals surface area contributed by atoms with E-state index in [9.17, 15) is 9.90 Å². The van der Waals surface area contributed by atoms with Gasteiger partial charge in [-0.1, -0.05) is 66.9 Å². The van der Waals surface area contributed by atoms with Crippen LogP contribution in [0.3, 0.4) is 0 Å². The van der Waals surface area contributed by atoms with Gasteiger partial charge in [0.15, 0.2) is 5.85 Å². The fraction of sp³-hybridized carbons (Fsp3) is 0.400. The number of unbranched alkanes of at least 4 members (excludes halogenated alkanes) is 1. The molecule has 4 atom stereocenters. The summed E-state index contributed by atoms with van der Waals surface area (Å²) in [5.74, 6) is 2.93. The third-order valence-corrected chi connectivity index (χ3v) is 10.4. The summed E-state index contributed by atoms with van der Waals surface area (Å²) in [6, 6.07) is 26.4. The van der Waals surface area contributed by atoms with Crippen LogP contribution in [0.5, 0.6) is 11.5 Å². The minimum Gasteiger partial charge on any atom is -0.497 e. The third kappa shape index (κ3) is 5.63. The van der Waals surface area contributed by atoms with E-state index in [1.54, 1.807) is 14.2 Å². The second-order valence-corrected chi connectivity index (χ2v) is 12.5. The Balaban J connectivity index is 1.72. The molecule has 3 aromatic rings. The molecule has 0 aliphatic carbocycles. The number of ether oxygens (including phenoxy) is 2. The highest BCUT2D eigenvalue weighted by Crippen LogP contribution is 2.55. The summed E-state index contributed by atoms with van der Waals surface area (Å²) in [4.78, 5) is 15.5. The lowest BCUT2D eigenvalue weighted by atomic mass is 9.74. The van der Waals surface area contributed by atoms with E-state index >= 15 is 0 Å². The third-order valence-electron chi connectivity index (χ3n) is 8.91. The maximum absolute atomic E-state index is 12.8. The van der Waals surface area contributed by atoms with E-state index < -0.39 is 17.4 Å². The first-order valence-electron chi connectivity index (χ1n) is 14.7. The van der Waals surface area contributed by atoms with Crippen molar-refractivity contribution in [1.82, 2.24) is 9.80 Å². The van der Waals surface area contributed by atoms with Gasteiger partial charge in [-0.3, -0.25) is 4.79 Å². The van der Waals surface area contributed by atoms with Crippen LogP contribution in [0.15, 0.2) is 78.9 Å². The molecule has 0 bridgehead atoms. The lowest BCUT2D eigenvalue weighted by Crippen LogP contribution is -2.62. The molecule has 2 N–H and O–H groups in total. The first-order valence-corrected chi connectivity index (χ1v) is 15.7. The molecule has 0 amide bonds. The average Bonchev–Trinajstić information content (AvgIpc) is 3.52. The standard InChI is InChI=1S/C35H40N2O5S/c1-5-23-36-33-30(24-43-31(33)13-9-10-14-32(38)39)37(34(36,2)40)35(25-11-7-6-8-12-25,26-15-19-28(41-3)20-16-26)27-17-21-29(42-4)22-18-27/h1,6-8,11-12,15-22,30-31,33,40H,9-10,13-14,23-24H2,2-4H3,(H,38,39). The van der Waals surface area contributed by atoms with Crippen molar-refractivity contribution in [2.24, 2.45) is 0 Å². The second kappa shape index (κ2) is 13.0. The Labute approximate surface area is 258 Å². The van der Waals surface area contributed by atoms with Gasteiger partial charge >= 0.3 is 5.97 Å². The van der Waals surface area contributed by atoms with E-state index in [1.165, 1.54) is 0 Å². The molecule has 226 valence electrons. The summed E-state index contributed by atoms with van der Waals surface area (Å²) < 4.78 is 11.1. The zero-order valence-corrected chi connectivity index (χ0v) is 25.8. The van der Waals surface area contributed by atoms with Gasteiger partial charge in [-0.2, -0.15) is 11.8 Å². The number of rotatable bonds is 12. The zero-order chi connectivity index (χ0) is 30.6. The number of carboxylic acid groups (broad SMARTS) is 1. The van der Waals surface area contributed by atoms with E-state index in [0.29, 0.717) is 6.42 Å². The van der Waals surface area contributed by atoms with E-state index in [-0.39, 0.29) is 30.3 Å². The molecular weight excluding hydrogens is 560 g/mol. The van der Waals surface area contributed by atoms with Crippen LogP contribution in [0.25, 0.3) is 0 Å². The molecule has 2 fully saturated rings. The highest BCUT2D eigenvalue weighted by Gasteiger charge is 2.65. The molecule has 5 rings (SSSR count). The van der Waals surface area contributed by atoms with Crippen LogP contribution in [0, 0.1) is 12.3 Å². The highest BCUT2D eigenvalue weighted by atomic mass is 32.2. The van der Waals surface area contributed by atoms with Crippen LogP contribution >= 0.6 is 11.8 Å². The Morgan fingerprint density at radius 2 is 1.53 bits per heavy atom. The fourth-order valence-electron chi connectivity index (χ4n) is 7.09. The highest BCUT2D eigenvalue weighted by molar-refractivity contribution is 8.00. The molecule has 43 heavy (non-hydrogen) atoms. The van der Waals surface area contributed by atoms with Gasteiger partial charge in [-0.15, -0.1) is 6.42 Å². The Morgan fingerprint density at radius 3 is 2.05 bits per heavy atom. The number of thioether (sulfide) groups is 1. The first-order chi connectivity index (χ1) is 20.8. The number of benzene rings is 3. The minimum atomic E-state index is -1.42. The number of carboxylic acids is 1. The van der Waals surface area contributed by atoms with Gasteiger partial charge in [-0.05, 0) is 60.7 Å². The van der Waals surface area contributed by atoms with Gasteiger partial charge in [0.2, 0.25) is 0 Å². The normalized spacial score (nSPS) is 23.9. The van der Waals surface area contributed by atoms with Gasteiger partial charge in [0.1, 0.15) is 17.0 Å².